The van der Waals surface area contributed by atoms with E-state index in [1.54, 1.807) is 0 Å². The van der Waals surface area contributed by atoms with Crippen LogP contribution in [0.5, 0.6) is 0 Å². The van der Waals surface area contributed by atoms with Crippen LogP contribution in [0.25, 0.3) is 0 Å². The van der Waals surface area contributed by atoms with Gasteiger partial charge < -0.3 is 13.3 Å². The molecule has 0 saturated heterocycles. The first-order valence-electron chi connectivity index (χ1n) is 15.4. The van der Waals surface area contributed by atoms with E-state index < -0.39 is 25.0 Å². The fourth-order valence-electron chi connectivity index (χ4n) is 9.79. The zero-order valence-corrected chi connectivity index (χ0v) is 29.0. The van der Waals surface area contributed by atoms with Crippen LogP contribution in [0, 0.1) is 40.4 Å². The largest absolute Gasteiger partial charge is 0.415 e. The van der Waals surface area contributed by atoms with Gasteiger partial charge in [0, 0.05) is 18.3 Å². The van der Waals surface area contributed by atoms with Crippen LogP contribution in [0.3, 0.4) is 0 Å². The van der Waals surface area contributed by atoms with E-state index in [1.807, 2.05) is 0 Å². The zero-order valence-electron chi connectivity index (χ0n) is 26.0. The van der Waals surface area contributed by atoms with Gasteiger partial charge in [-0.05, 0) is 158 Å². The minimum Gasteiger partial charge on any atom is -0.415 e. The molecular weight excluding hydrogens is 493 g/mol. The highest BCUT2D eigenvalue weighted by Crippen LogP contribution is 2.68. The molecule has 0 spiro atoms. The summed E-state index contributed by atoms with van der Waals surface area (Å²) in [6, 6.07) is 0. The third kappa shape index (κ3) is 5.99. The highest BCUT2D eigenvalue weighted by Gasteiger charge is 2.64. The number of hydrogen-bond donors (Lipinski definition) is 0. The Morgan fingerprint density at radius 2 is 1.25 bits per heavy atom. The van der Waals surface area contributed by atoms with Gasteiger partial charge in [0.15, 0.2) is 25.0 Å². The zero-order chi connectivity index (χ0) is 26.9. The van der Waals surface area contributed by atoms with Crippen LogP contribution in [-0.4, -0.2) is 43.3 Å². The van der Waals surface area contributed by atoms with Gasteiger partial charge in [-0.15, -0.1) is 0 Å². The van der Waals surface area contributed by atoms with Gasteiger partial charge in [-0.1, -0.05) is 13.8 Å². The molecule has 0 bridgehead atoms. The molecule has 210 valence electrons. The summed E-state index contributed by atoms with van der Waals surface area (Å²) < 4.78 is 20.6. The van der Waals surface area contributed by atoms with Crippen LogP contribution in [0.4, 0.5) is 0 Å². The van der Waals surface area contributed by atoms with Gasteiger partial charge in [-0.2, -0.15) is 0 Å². The standard InChI is InChI=1S/C30H60O3Si3/c1-21(31-34(4,5)6)24-13-14-25-28-26(16-18-30(24,25)3)29(2)17-15-23(32-35(7,8)9)19-22(29)20-27(28)33-36(10,11)12/h21-28H,13-20H2,1-12H3/t21-,22+,23+,24-,25?,26?,27+,28?,29+,30-/m1/s1. The molecule has 4 aliphatic rings. The van der Waals surface area contributed by atoms with E-state index >= 15 is 0 Å². The Balaban J connectivity index is 1.62. The van der Waals surface area contributed by atoms with Crippen molar-refractivity contribution in [1.82, 2.24) is 0 Å². The molecule has 0 heterocycles. The number of rotatable bonds is 7. The fourth-order valence-corrected chi connectivity index (χ4v) is 13.4. The molecule has 4 fully saturated rings. The summed E-state index contributed by atoms with van der Waals surface area (Å²) in [6.45, 7) is 29.2. The second-order valence-electron chi connectivity index (χ2n) is 16.8. The van der Waals surface area contributed by atoms with E-state index in [9.17, 15) is 0 Å². The molecule has 3 nitrogen and oxygen atoms in total. The average molecular weight is 553 g/mol. The van der Waals surface area contributed by atoms with E-state index in [1.165, 1.54) is 51.4 Å². The van der Waals surface area contributed by atoms with Crippen molar-refractivity contribution in [3.63, 3.8) is 0 Å². The van der Waals surface area contributed by atoms with Crippen molar-refractivity contribution in [3.8, 4) is 0 Å². The number of fused-ring (bicyclic) bond motifs is 5. The van der Waals surface area contributed by atoms with Gasteiger partial charge in [-0.3, -0.25) is 0 Å². The monoisotopic (exact) mass is 552 g/mol. The van der Waals surface area contributed by atoms with Gasteiger partial charge in [0.05, 0.1) is 0 Å². The Morgan fingerprint density at radius 3 is 1.83 bits per heavy atom. The van der Waals surface area contributed by atoms with E-state index in [0.717, 1.165) is 23.7 Å². The molecule has 3 unspecified atom stereocenters. The van der Waals surface area contributed by atoms with Gasteiger partial charge >= 0.3 is 0 Å². The van der Waals surface area contributed by atoms with Crippen molar-refractivity contribution in [2.24, 2.45) is 40.4 Å². The maximum absolute atomic E-state index is 7.19. The average Bonchev–Trinajstić information content (AvgIpc) is 3.02. The van der Waals surface area contributed by atoms with E-state index in [-0.39, 0.29) is 0 Å². The Bertz CT molecular complexity index is 784. The summed E-state index contributed by atoms with van der Waals surface area (Å²) in [6.07, 6.45) is 12.0. The van der Waals surface area contributed by atoms with E-state index in [2.05, 4.69) is 79.7 Å². The Hall–Kier alpha value is 0.531. The van der Waals surface area contributed by atoms with Crippen LogP contribution >= 0.6 is 0 Å². The molecule has 0 radical (unpaired) electrons. The van der Waals surface area contributed by atoms with Gasteiger partial charge in [-0.25, -0.2) is 0 Å². The van der Waals surface area contributed by atoms with E-state index in [0.29, 0.717) is 35.1 Å². The lowest BCUT2D eigenvalue weighted by Gasteiger charge is -2.64. The summed E-state index contributed by atoms with van der Waals surface area (Å²) >= 11 is 0. The highest BCUT2D eigenvalue weighted by atomic mass is 28.4. The predicted octanol–water partition coefficient (Wildman–Crippen LogP) is 8.94. The second-order valence-corrected chi connectivity index (χ2v) is 30.2. The molecule has 0 N–H and O–H groups in total. The summed E-state index contributed by atoms with van der Waals surface area (Å²) in [5, 5.41) is 0. The van der Waals surface area contributed by atoms with Crippen LogP contribution in [0.2, 0.25) is 58.9 Å². The SMILES string of the molecule is C[C@@H](O[Si](C)(C)C)[C@H]1CCC2C3C(CC[C@@]21C)[C@@]1(C)CC[C@H](O[Si](C)(C)C)C[C@H]1C[C@@H]3O[Si](C)(C)C. The normalized spacial score (nSPS) is 44.5. The van der Waals surface area contributed by atoms with Crippen LogP contribution in [0.15, 0.2) is 0 Å². The fraction of sp³-hybridized carbons (Fsp3) is 1.00. The lowest BCUT2D eigenvalue weighted by molar-refractivity contribution is -0.170. The molecule has 0 aromatic heterocycles. The molecule has 6 heteroatoms. The number of hydrogen-bond acceptors (Lipinski definition) is 3. The summed E-state index contributed by atoms with van der Waals surface area (Å²) in [5.41, 5.74) is 0.867. The lowest BCUT2D eigenvalue weighted by Crippen LogP contribution is -2.60. The first-order valence-corrected chi connectivity index (χ1v) is 25.6. The Kier molecular flexibility index (Phi) is 8.09. The Morgan fingerprint density at radius 1 is 0.667 bits per heavy atom. The van der Waals surface area contributed by atoms with Crippen LogP contribution < -0.4 is 0 Å². The summed E-state index contributed by atoms with van der Waals surface area (Å²) in [5.74, 6) is 3.80. The van der Waals surface area contributed by atoms with Crippen molar-refractivity contribution in [2.45, 2.75) is 149 Å². The third-order valence-electron chi connectivity index (χ3n) is 10.8. The molecule has 4 aliphatic carbocycles. The summed E-state index contributed by atoms with van der Waals surface area (Å²) in [4.78, 5) is 0. The quantitative estimate of drug-likeness (QED) is 0.295. The van der Waals surface area contributed by atoms with Crippen molar-refractivity contribution in [3.05, 3.63) is 0 Å². The molecule has 10 atom stereocenters. The van der Waals surface area contributed by atoms with Crippen molar-refractivity contribution < 1.29 is 13.3 Å². The van der Waals surface area contributed by atoms with Crippen LogP contribution in [-0.2, 0) is 13.3 Å². The predicted molar refractivity (Wildman–Crippen MR) is 161 cm³/mol. The van der Waals surface area contributed by atoms with Gasteiger partial charge in [0.25, 0.3) is 0 Å². The minimum absolute atomic E-state index is 0.389. The van der Waals surface area contributed by atoms with E-state index in [4.69, 9.17) is 13.3 Å². The molecule has 0 aromatic carbocycles. The maximum Gasteiger partial charge on any atom is 0.184 e. The van der Waals surface area contributed by atoms with Gasteiger partial charge in [0.1, 0.15) is 0 Å². The first kappa shape index (κ1) is 29.5. The van der Waals surface area contributed by atoms with Crippen molar-refractivity contribution in [1.29, 1.82) is 0 Å². The second kappa shape index (κ2) is 9.87. The molecule has 4 saturated carbocycles. The van der Waals surface area contributed by atoms with Crippen LogP contribution in [0.1, 0.15) is 72.1 Å². The Labute approximate surface area is 227 Å². The summed E-state index contributed by atoms with van der Waals surface area (Å²) in [7, 11) is -4.70. The molecule has 0 amide bonds. The molecule has 4 rings (SSSR count). The van der Waals surface area contributed by atoms with Gasteiger partial charge in [0.2, 0.25) is 0 Å². The molecule has 0 aromatic rings. The minimum atomic E-state index is -1.64. The molecule has 0 aliphatic heterocycles. The molecular formula is C30H60O3Si3. The highest BCUT2D eigenvalue weighted by molar-refractivity contribution is 6.70. The first-order chi connectivity index (χ1) is 16.3. The van der Waals surface area contributed by atoms with Crippen molar-refractivity contribution in [2.75, 3.05) is 0 Å². The van der Waals surface area contributed by atoms with Crippen molar-refractivity contribution >= 4 is 25.0 Å². The maximum atomic E-state index is 7.19. The smallest absolute Gasteiger partial charge is 0.184 e. The lowest BCUT2D eigenvalue weighted by atomic mass is 9.44. The topological polar surface area (TPSA) is 27.7 Å². The molecule has 36 heavy (non-hydrogen) atoms. The third-order valence-corrected chi connectivity index (χ3v) is 13.9.